The number of carboxylic acid groups (broad SMARTS) is 1. The summed E-state index contributed by atoms with van der Waals surface area (Å²) in [7, 11) is 0. The molecule has 1 aromatic carbocycles. The molecule has 0 atom stereocenters. The van der Waals surface area contributed by atoms with Crippen molar-refractivity contribution in [1.29, 1.82) is 0 Å². The highest BCUT2D eigenvalue weighted by atomic mass is 16.5. The summed E-state index contributed by atoms with van der Waals surface area (Å²) in [6, 6.07) is 7.33. The van der Waals surface area contributed by atoms with Crippen molar-refractivity contribution in [2.24, 2.45) is 0 Å². The van der Waals surface area contributed by atoms with E-state index in [1.54, 1.807) is 6.07 Å². The van der Waals surface area contributed by atoms with Gasteiger partial charge in [-0.25, -0.2) is 4.79 Å². The molecule has 0 saturated carbocycles. The molecule has 0 unspecified atom stereocenters. The molecule has 0 aliphatic carbocycles. The number of hydrogen-bond donors (Lipinski definition) is 1. The number of aromatic carboxylic acids is 1. The van der Waals surface area contributed by atoms with Crippen LogP contribution in [0.2, 0.25) is 0 Å². The van der Waals surface area contributed by atoms with Crippen LogP contribution in [-0.4, -0.2) is 17.2 Å². The zero-order chi connectivity index (χ0) is 9.84. The molecule has 1 radical (unpaired) electrons. The molecule has 0 saturated heterocycles. The van der Waals surface area contributed by atoms with Gasteiger partial charge in [0.1, 0.15) is 11.3 Å². The molecule has 1 rings (SSSR count). The first-order valence-electron chi connectivity index (χ1n) is 4.01. The molecule has 0 fully saturated rings. The van der Waals surface area contributed by atoms with Gasteiger partial charge in [-0.05, 0) is 32.0 Å². The van der Waals surface area contributed by atoms with Crippen LogP contribution >= 0.6 is 0 Å². The first kappa shape index (κ1) is 9.58. The summed E-state index contributed by atoms with van der Waals surface area (Å²) in [5, 5.41) is 8.78. The molecule has 13 heavy (non-hydrogen) atoms. The van der Waals surface area contributed by atoms with Gasteiger partial charge >= 0.3 is 5.97 Å². The quantitative estimate of drug-likeness (QED) is 0.771. The van der Waals surface area contributed by atoms with Gasteiger partial charge in [0.15, 0.2) is 0 Å². The Kier molecular flexibility index (Phi) is 2.90. The second kappa shape index (κ2) is 3.94. The van der Waals surface area contributed by atoms with Gasteiger partial charge in [0.05, 0.1) is 6.10 Å². The van der Waals surface area contributed by atoms with Gasteiger partial charge in [-0.2, -0.15) is 0 Å². The van der Waals surface area contributed by atoms with Crippen LogP contribution in [0.25, 0.3) is 0 Å². The van der Waals surface area contributed by atoms with Crippen molar-refractivity contribution in [3.05, 3.63) is 29.8 Å². The van der Waals surface area contributed by atoms with E-state index in [9.17, 15) is 4.79 Å². The van der Waals surface area contributed by atoms with Crippen molar-refractivity contribution in [2.45, 2.75) is 20.0 Å². The molecule has 0 aliphatic heterocycles. The minimum absolute atomic E-state index is 0.0334. The average molecular weight is 179 g/mol. The standard InChI is InChI=1S/C10H11O3/c1-7(2)13-9-6-4-3-5-8(9)10(11)12/h3,5-7H,1-2H3,(H,11,12). The first-order valence-corrected chi connectivity index (χ1v) is 4.01. The highest BCUT2D eigenvalue weighted by Gasteiger charge is 2.10. The summed E-state index contributed by atoms with van der Waals surface area (Å²) in [6.45, 7) is 3.69. The molecule has 0 amide bonds. The summed E-state index contributed by atoms with van der Waals surface area (Å²) >= 11 is 0. The molecule has 3 nitrogen and oxygen atoms in total. The van der Waals surface area contributed by atoms with E-state index in [1.165, 1.54) is 12.1 Å². The van der Waals surface area contributed by atoms with Crippen LogP contribution in [0.15, 0.2) is 18.2 Å². The number of ether oxygens (including phenoxy) is 1. The number of benzene rings is 1. The van der Waals surface area contributed by atoms with Crippen LogP contribution in [0, 0.1) is 6.07 Å². The Morgan fingerprint density at radius 2 is 2.31 bits per heavy atom. The van der Waals surface area contributed by atoms with Crippen LogP contribution < -0.4 is 4.74 Å². The maximum Gasteiger partial charge on any atom is 0.339 e. The SMILES string of the molecule is CC(C)Oc1c[c]ccc1C(=O)O. The Labute approximate surface area is 77.0 Å². The lowest BCUT2D eigenvalue weighted by Crippen LogP contribution is -2.09. The van der Waals surface area contributed by atoms with Gasteiger partial charge in [0, 0.05) is 0 Å². The fourth-order valence-electron chi connectivity index (χ4n) is 0.943. The van der Waals surface area contributed by atoms with E-state index in [1.807, 2.05) is 13.8 Å². The maximum atomic E-state index is 10.7. The van der Waals surface area contributed by atoms with E-state index in [0.717, 1.165) is 0 Å². The molecule has 69 valence electrons. The molecule has 1 N–H and O–H groups in total. The van der Waals surface area contributed by atoms with E-state index in [-0.39, 0.29) is 11.7 Å². The Bertz CT molecular complexity index is 305. The van der Waals surface area contributed by atoms with Gasteiger partial charge in [-0.1, -0.05) is 6.07 Å². The molecule has 0 aromatic heterocycles. The summed E-state index contributed by atoms with van der Waals surface area (Å²) in [6.07, 6.45) is -0.0334. The number of carbonyl (C=O) groups is 1. The number of carboxylic acids is 1. The van der Waals surface area contributed by atoms with Crippen molar-refractivity contribution >= 4 is 5.97 Å². The zero-order valence-electron chi connectivity index (χ0n) is 7.57. The van der Waals surface area contributed by atoms with Crippen molar-refractivity contribution in [3.8, 4) is 5.75 Å². The first-order chi connectivity index (χ1) is 6.11. The zero-order valence-corrected chi connectivity index (χ0v) is 7.57. The molecule has 0 spiro atoms. The monoisotopic (exact) mass is 179 g/mol. The highest BCUT2D eigenvalue weighted by Crippen LogP contribution is 2.18. The normalized spacial score (nSPS) is 10.1. The minimum Gasteiger partial charge on any atom is -0.490 e. The van der Waals surface area contributed by atoms with Crippen molar-refractivity contribution in [2.75, 3.05) is 0 Å². The molecular formula is C10H11O3. The highest BCUT2D eigenvalue weighted by molar-refractivity contribution is 5.90. The third-order valence-corrected chi connectivity index (χ3v) is 1.42. The van der Waals surface area contributed by atoms with Crippen LogP contribution in [0.1, 0.15) is 24.2 Å². The van der Waals surface area contributed by atoms with Crippen molar-refractivity contribution < 1.29 is 14.6 Å². The average Bonchev–Trinajstić information content (AvgIpc) is 2.03. The second-order valence-electron chi connectivity index (χ2n) is 2.89. The Hall–Kier alpha value is -1.51. The third-order valence-electron chi connectivity index (χ3n) is 1.42. The molecule has 0 bridgehead atoms. The third kappa shape index (κ3) is 2.47. The van der Waals surface area contributed by atoms with E-state index >= 15 is 0 Å². The van der Waals surface area contributed by atoms with Crippen LogP contribution in [0.4, 0.5) is 0 Å². The topological polar surface area (TPSA) is 46.5 Å². The predicted molar refractivity (Wildman–Crippen MR) is 48.0 cm³/mol. The Morgan fingerprint density at radius 1 is 1.62 bits per heavy atom. The number of rotatable bonds is 3. The largest absolute Gasteiger partial charge is 0.490 e. The van der Waals surface area contributed by atoms with Crippen molar-refractivity contribution in [1.82, 2.24) is 0 Å². The number of hydrogen-bond acceptors (Lipinski definition) is 2. The van der Waals surface area contributed by atoms with E-state index in [2.05, 4.69) is 6.07 Å². The molecule has 3 heteroatoms. The summed E-state index contributed by atoms with van der Waals surface area (Å²) in [5.41, 5.74) is 0.174. The fraction of sp³-hybridized carbons (Fsp3) is 0.300. The second-order valence-corrected chi connectivity index (χ2v) is 2.89. The van der Waals surface area contributed by atoms with Crippen LogP contribution in [0.3, 0.4) is 0 Å². The van der Waals surface area contributed by atoms with Gasteiger partial charge in [-0.3, -0.25) is 0 Å². The van der Waals surface area contributed by atoms with Crippen LogP contribution in [-0.2, 0) is 0 Å². The lowest BCUT2D eigenvalue weighted by Gasteiger charge is -2.11. The lowest BCUT2D eigenvalue weighted by atomic mass is 10.2. The molecule has 0 heterocycles. The summed E-state index contributed by atoms with van der Waals surface area (Å²) < 4.78 is 5.29. The van der Waals surface area contributed by atoms with Gasteiger partial charge in [0.2, 0.25) is 0 Å². The minimum atomic E-state index is -0.982. The predicted octanol–water partition coefficient (Wildman–Crippen LogP) is 1.97. The smallest absolute Gasteiger partial charge is 0.339 e. The van der Waals surface area contributed by atoms with E-state index in [0.29, 0.717) is 5.75 Å². The Morgan fingerprint density at radius 3 is 2.85 bits per heavy atom. The van der Waals surface area contributed by atoms with E-state index in [4.69, 9.17) is 9.84 Å². The fourth-order valence-corrected chi connectivity index (χ4v) is 0.943. The van der Waals surface area contributed by atoms with Crippen molar-refractivity contribution in [3.63, 3.8) is 0 Å². The van der Waals surface area contributed by atoms with Gasteiger partial charge in [-0.15, -0.1) is 0 Å². The summed E-state index contributed by atoms with van der Waals surface area (Å²) in [5.74, 6) is -0.616. The molecular weight excluding hydrogens is 168 g/mol. The lowest BCUT2D eigenvalue weighted by molar-refractivity contribution is 0.0690. The van der Waals surface area contributed by atoms with Gasteiger partial charge in [0.25, 0.3) is 0 Å². The Balaban J connectivity index is 2.98. The van der Waals surface area contributed by atoms with E-state index < -0.39 is 5.97 Å². The van der Waals surface area contributed by atoms with Gasteiger partial charge < -0.3 is 9.84 Å². The molecule has 0 aliphatic rings. The summed E-state index contributed by atoms with van der Waals surface area (Å²) in [4.78, 5) is 10.7. The molecule has 1 aromatic rings. The maximum absolute atomic E-state index is 10.7. The van der Waals surface area contributed by atoms with Crippen LogP contribution in [0.5, 0.6) is 5.75 Å².